The number of nitrogens with two attached hydrogens (primary N) is 1. The van der Waals surface area contributed by atoms with Gasteiger partial charge in [-0.05, 0) is 39.3 Å². The molecule has 2 aliphatic heterocycles. The van der Waals surface area contributed by atoms with Crippen molar-refractivity contribution < 1.29 is 0 Å². The molecule has 2 N–H and O–H groups in total. The van der Waals surface area contributed by atoms with Gasteiger partial charge in [-0.15, -0.1) is 0 Å². The maximum Gasteiger partial charge on any atom is 0.126 e. The Hall–Kier alpha value is -0.870. The molecule has 0 amide bonds. The van der Waals surface area contributed by atoms with Gasteiger partial charge in [0.1, 0.15) is 5.82 Å². The number of rotatable bonds is 1. The lowest BCUT2D eigenvalue weighted by molar-refractivity contribution is 0.291. The van der Waals surface area contributed by atoms with Gasteiger partial charge in [0.25, 0.3) is 0 Å². The van der Waals surface area contributed by atoms with Gasteiger partial charge in [0.2, 0.25) is 0 Å². The van der Waals surface area contributed by atoms with E-state index in [4.69, 9.17) is 5.73 Å². The zero-order valence-corrected chi connectivity index (χ0v) is 9.89. The highest BCUT2D eigenvalue weighted by Crippen LogP contribution is 2.31. The Morgan fingerprint density at radius 1 is 1.44 bits per heavy atom. The quantitative estimate of drug-likeness (QED) is 0.765. The summed E-state index contributed by atoms with van der Waals surface area (Å²) in [6, 6.07) is 0.825. The predicted octanol–water partition coefficient (Wildman–Crippen LogP) is 0.923. The molecule has 1 saturated heterocycles. The maximum atomic E-state index is 6.05. The largest absolute Gasteiger partial charge is 0.329 e. The molecule has 3 rings (SSSR count). The summed E-state index contributed by atoms with van der Waals surface area (Å²) in [5.74, 6) is 1.24. The van der Waals surface area contributed by atoms with Gasteiger partial charge < -0.3 is 10.3 Å². The van der Waals surface area contributed by atoms with Crippen LogP contribution >= 0.6 is 0 Å². The molecule has 4 nitrogen and oxygen atoms in total. The summed E-state index contributed by atoms with van der Waals surface area (Å²) in [7, 11) is 2.20. The van der Waals surface area contributed by atoms with Crippen LogP contribution in [0, 0.1) is 0 Å². The van der Waals surface area contributed by atoms with E-state index in [0.29, 0.717) is 12.1 Å². The van der Waals surface area contributed by atoms with Crippen molar-refractivity contribution in [2.75, 3.05) is 13.6 Å². The number of imidazole rings is 1. The summed E-state index contributed by atoms with van der Waals surface area (Å²) in [5.41, 5.74) is 7.42. The first-order valence-corrected chi connectivity index (χ1v) is 6.26. The van der Waals surface area contributed by atoms with E-state index in [1.165, 1.54) is 30.9 Å². The molecule has 0 radical (unpaired) electrons. The van der Waals surface area contributed by atoms with Gasteiger partial charge in [0.15, 0.2) is 0 Å². The molecule has 1 aromatic rings. The van der Waals surface area contributed by atoms with Crippen LogP contribution in [0.4, 0.5) is 0 Å². The summed E-state index contributed by atoms with van der Waals surface area (Å²) in [6.07, 6.45) is 6.77. The average Bonchev–Trinajstić information content (AvgIpc) is 2.83. The number of hydrogen-bond donors (Lipinski definition) is 1. The minimum Gasteiger partial charge on any atom is -0.329 e. The molecule has 0 aromatic carbocycles. The monoisotopic (exact) mass is 220 g/mol. The molecule has 88 valence electrons. The van der Waals surface area contributed by atoms with Crippen LogP contribution in [0.5, 0.6) is 0 Å². The third-order valence-electron chi connectivity index (χ3n) is 3.98. The highest BCUT2D eigenvalue weighted by molar-refractivity contribution is 5.13. The summed E-state index contributed by atoms with van der Waals surface area (Å²) in [5, 5.41) is 0. The molecule has 0 bridgehead atoms. The number of aromatic nitrogens is 2. The van der Waals surface area contributed by atoms with Crippen molar-refractivity contribution in [3.8, 4) is 0 Å². The number of fused-ring (bicyclic) bond motifs is 1. The summed E-state index contributed by atoms with van der Waals surface area (Å²) in [6.45, 7) is 2.15. The van der Waals surface area contributed by atoms with E-state index in [9.17, 15) is 0 Å². The third-order valence-corrected chi connectivity index (χ3v) is 3.98. The smallest absolute Gasteiger partial charge is 0.126 e. The SMILES string of the molecule is CN1CCCC1c1ncc2n1CC(N)CC2. The van der Waals surface area contributed by atoms with Crippen molar-refractivity contribution in [3.63, 3.8) is 0 Å². The number of aryl methyl sites for hydroxylation is 1. The van der Waals surface area contributed by atoms with Crippen LogP contribution < -0.4 is 5.73 Å². The van der Waals surface area contributed by atoms with E-state index in [-0.39, 0.29) is 0 Å². The van der Waals surface area contributed by atoms with E-state index in [0.717, 1.165) is 19.4 Å². The summed E-state index contributed by atoms with van der Waals surface area (Å²) in [4.78, 5) is 7.04. The molecule has 1 aromatic heterocycles. The Kier molecular flexibility index (Phi) is 2.48. The zero-order valence-electron chi connectivity index (χ0n) is 9.89. The van der Waals surface area contributed by atoms with Crippen LogP contribution in [0.3, 0.4) is 0 Å². The second kappa shape index (κ2) is 3.86. The number of likely N-dealkylation sites (tertiary alicyclic amines) is 1. The van der Waals surface area contributed by atoms with Crippen LogP contribution in [-0.2, 0) is 13.0 Å². The van der Waals surface area contributed by atoms with Crippen molar-refractivity contribution in [1.82, 2.24) is 14.5 Å². The fourth-order valence-corrected chi connectivity index (χ4v) is 3.00. The Morgan fingerprint density at radius 3 is 3.06 bits per heavy atom. The first-order chi connectivity index (χ1) is 7.75. The molecule has 0 aliphatic carbocycles. The van der Waals surface area contributed by atoms with Crippen LogP contribution in [0.25, 0.3) is 0 Å². The minimum atomic E-state index is 0.312. The predicted molar refractivity (Wildman–Crippen MR) is 63.1 cm³/mol. The topological polar surface area (TPSA) is 47.1 Å². The standard InChI is InChI=1S/C12H20N4/c1-15-6-2-3-11(15)12-14-7-10-5-4-9(13)8-16(10)12/h7,9,11H,2-6,8,13H2,1H3. The number of hydrogen-bond acceptors (Lipinski definition) is 3. The summed E-state index contributed by atoms with van der Waals surface area (Å²) >= 11 is 0. The molecular formula is C12H20N4. The van der Waals surface area contributed by atoms with Gasteiger partial charge in [-0.2, -0.15) is 0 Å². The van der Waals surface area contributed by atoms with Crippen molar-refractivity contribution in [1.29, 1.82) is 0 Å². The van der Waals surface area contributed by atoms with Gasteiger partial charge in [-0.25, -0.2) is 4.98 Å². The lowest BCUT2D eigenvalue weighted by Crippen LogP contribution is -2.33. The minimum absolute atomic E-state index is 0.312. The van der Waals surface area contributed by atoms with Gasteiger partial charge in [0.05, 0.1) is 6.04 Å². The highest BCUT2D eigenvalue weighted by Gasteiger charge is 2.29. The van der Waals surface area contributed by atoms with Crippen molar-refractivity contribution in [2.24, 2.45) is 5.73 Å². The molecule has 3 heterocycles. The van der Waals surface area contributed by atoms with Crippen LogP contribution in [0.15, 0.2) is 6.20 Å². The first-order valence-electron chi connectivity index (χ1n) is 6.26. The van der Waals surface area contributed by atoms with E-state index >= 15 is 0 Å². The van der Waals surface area contributed by atoms with Crippen molar-refractivity contribution >= 4 is 0 Å². The highest BCUT2D eigenvalue weighted by atomic mass is 15.2. The molecule has 16 heavy (non-hydrogen) atoms. The Labute approximate surface area is 96.4 Å². The maximum absolute atomic E-state index is 6.05. The Morgan fingerprint density at radius 2 is 2.31 bits per heavy atom. The lowest BCUT2D eigenvalue weighted by Gasteiger charge is -2.26. The first kappa shape index (κ1) is 10.3. The molecule has 2 aliphatic rings. The molecule has 1 fully saturated rings. The molecule has 2 atom stereocenters. The molecule has 0 saturated carbocycles. The lowest BCUT2D eigenvalue weighted by atomic mass is 10.1. The van der Waals surface area contributed by atoms with E-state index in [2.05, 4.69) is 21.5 Å². The van der Waals surface area contributed by atoms with E-state index < -0.39 is 0 Å². The van der Waals surface area contributed by atoms with Crippen LogP contribution in [0.2, 0.25) is 0 Å². The van der Waals surface area contributed by atoms with E-state index in [1.54, 1.807) is 0 Å². The molecular weight excluding hydrogens is 200 g/mol. The molecule has 0 spiro atoms. The second-order valence-electron chi connectivity index (χ2n) is 5.16. The summed E-state index contributed by atoms with van der Waals surface area (Å²) < 4.78 is 2.36. The zero-order chi connectivity index (χ0) is 11.1. The van der Waals surface area contributed by atoms with Crippen molar-refractivity contribution in [3.05, 3.63) is 17.7 Å². The van der Waals surface area contributed by atoms with Gasteiger partial charge in [-0.3, -0.25) is 4.90 Å². The van der Waals surface area contributed by atoms with Gasteiger partial charge >= 0.3 is 0 Å². The van der Waals surface area contributed by atoms with Crippen molar-refractivity contribution in [2.45, 2.75) is 44.3 Å². The fourth-order valence-electron chi connectivity index (χ4n) is 3.00. The normalized spacial score (nSPS) is 30.6. The average molecular weight is 220 g/mol. The second-order valence-corrected chi connectivity index (χ2v) is 5.16. The van der Waals surface area contributed by atoms with E-state index in [1.807, 2.05) is 6.20 Å². The Balaban J connectivity index is 1.93. The molecule has 4 heteroatoms. The van der Waals surface area contributed by atoms with Crippen LogP contribution in [0.1, 0.15) is 36.8 Å². The van der Waals surface area contributed by atoms with Gasteiger partial charge in [-0.1, -0.05) is 0 Å². The van der Waals surface area contributed by atoms with Gasteiger partial charge in [0, 0.05) is 24.5 Å². The van der Waals surface area contributed by atoms with Crippen LogP contribution in [-0.4, -0.2) is 34.1 Å². The molecule has 2 unspecified atom stereocenters. The third kappa shape index (κ3) is 1.57. The Bertz CT molecular complexity index is 384. The number of nitrogens with zero attached hydrogens (tertiary/aromatic N) is 3. The fraction of sp³-hybridized carbons (Fsp3) is 0.750.